The molecule has 2 rings (SSSR count). The smallest absolute Gasteiger partial charge is 0.274 e. The minimum Gasteiger partial charge on any atom is -0.333 e. The van der Waals surface area contributed by atoms with Gasteiger partial charge < -0.3 is 9.80 Å². The molecule has 1 atom stereocenters. The molecule has 0 bridgehead atoms. The average molecular weight is 283 g/mol. The van der Waals surface area contributed by atoms with Crippen molar-refractivity contribution in [1.82, 2.24) is 20.0 Å². The van der Waals surface area contributed by atoms with Crippen molar-refractivity contribution in [2.45, 2.75) is 25.8 Å². The Morgan fingerprint density at radius 2 is 2.21 bits per heavy atom. The van der Waals surface area contributed by atoms with Crippen molar-refractivity contribution in [2.75, 3.05) is 26.7 Å². The Kier molecular flexibility index (Phi) is 4.71. The van der Waals surface area contributed by atoms with Crippen LogP contribution >= 0.6 is 11.6 Å². The van der Waals surface area contributed by atoms with E-state index in [1.54, 1.807) is 12.1 Å². The van der Waals surface area contributed by atoms with E-state index >= 15 is 0 Å². The minimum absolute atomic E-state index is 0.0497. The summed E-state index contributed by atoms with van der Waals surface area (Å²) in [6, 6.07) is 3.48. The van der Waals surface area contributed by atoms with Gasteiger partial charge in [0.1, 0.15) is 0 Å². The highest BCUT2D eigenvalue weighted by molar-refractivity contribution is 6.29. The quantitative estimate of drug-likeness (QED) is 0.828. The van der Waals surface area contributed by atoms with Crippen molar-refractivity contribution in [2.24, 2.45) is 0 Å². The third-order valence-corrected chi connectivity index (χ3v) is 3.69. The maximum atomic E-state index is 12.5. The second kappa shape index (κ2) is 6.30. The Balaban J connectivity index is 2.17. The fourth-order valence-corrected chi connectivity index (χ4v) is 2.54. The lowest BCUT2D eigenvalue weighted by atomic mass is 10.1. The van der Waals surface area contributed by atoms with Crippen LogP contribution in [0.2, 0.25) is 5.15 Å². The molecule has 1 aromatic rings. The zero-order chi connectivity index (χ0) is 13.8. The van der Waals surface area contributed by atoms with Crippen LogP contribution in [0.4, 0.5) is 0 Å². The molecule has 0 radical (unpaired) electrons. The van der Waals surface area contributed by atoms with E-state index in [1.165, 1.54) is 0 Å². The van der Waals surface area contributed by atoms with Gasteiger partial charge in [0, 0.05) is 19.1 Å². The van der Waals surface area contributed by atoms with E-state index in [4.69, 9.17) is 11.6 Å². The fourth-order valence-electron chi connectivity index (χ4n) is 2.44. The standard InChI is InChI=1S/C13H19ClN4O/c1-3-10-9-17(2)7-4-8-18(10)13(19)11-5-6-12(14)16-15-11/h5-6,10H,3-4,7-9H2,1-2H3. The molecule has 1 fully saturated rings. The molecule has 0 aromatic carbocycles. The van der Waals surface area contributed by atoms with E-state index in [9.17, 15) is 4.79 Å². The highest BCUT2D eigenvalue weighted by Gasteiger charge is 2.27. The molecular formula is C13H19ClN4O. The van der Waals surface area contributed by atoms with E-state index in [1.807, 2.05) is 4.90 Å². The average Bonchev–Trinajstić information content (AvgIpc) is 2.60. The molecule has 104 valence electrons. The van der Waals surface area contributed by atoms with Crippen LogP contribution in [-0.4, -0.2) is 58.6 Å². The summed E-state index contributed by atoms with van der Waals surface area (Å²) in [6.45, 7) is 4.81. The maximum absolute atomic E-state index is 12.5. The van der Waals surface area contributed by atoms with Gasteiger partial charge in [0.2, 0.25) is 0 Å². The highest BCUT2D eigenvalue weighted by Crippen LogP contribution is 2.15. The zero-order valence-corrected chi connectivity index (χ0v) is 12.1. The molecule has 1 aliphatic heterocycles. The maximum Gasteiger partial charge on any atom is 0.274 e. The molecule has 6 heteroatoms. The SMILES string of the molecule is CCC1CN(C)CCCN1C(=O)c1ccc(Cl)nn1. The first kappa shape index (κ1) is 14.2. The number of rotatable bonds is 2. The molecule has 0 spiro atoms. The number of hydrogen-bond acceptors (Lipinski definition) is 4. The molecule has 0 aliphatic carbocycles. The van der Waals surface area contributed by atoms with Crippen LogP contribution < -0.4 is 0 Å². The molecule has 2 heterocycles. The van der Waals surface area contributed by atoms with E-state index in [0.29, 0.717) is 10.8 Å². The third kappa shape index (κ3) is 3.42. The molecule has 1 aromatic heterocycles. The Labute approximate surface area is 118 Å². The van der Waals surface area contributed by atoms with Gasteiger partial charge in [0.05, 0.1) is 0 Å². The van der Waals surface area contributed by atoms with Crippen molar-refractivity contribution in [3.05, 3.63) is 23.0 Å². The molecule has 0 saturated carbocycles. The summed E-state index contributed by atoms with van der Waals surface area (Å²) >= 11 is 5.70. The van der Waals surface area contributed by atoms with Gasteiger partial charge in [0.25, 0.3) is 5.91 Å². The number of amides is 1. The molecule has 5 nitrogen and oxygen atoms in total. The number of carbonyl (C=O) groups is 1. The van der Waals surface area contributed by atoms with Gasteiger partial charge in [-0.05, 0) is 38.6 Å². The second-order valence-corrected chi connectivity index (χ2v) is 5.30. The number of hydrogen-bond donors (Lipinski definition) is 0. The lowest BCUT2D eigenvalue weighted by Crippen LogP contribution is -2.43. The molecule has 19 heavy (non-hydrogen) atoms. The Morgan fingerprint density at radius 1 is 1.42 bits per heavy atom. The lowest BCUT2D eigenvalue weighted by molar-refractivity contribution is 0.0668. The second-order valence-electron chi connectivity index (χ2n) is 4.92. The van der Waals surface area contributed by atoms with Crippen LogP contribution in [-0.2, 0) is 0 Å². The van der Waals surface area contributed by atoms with Crippen LogP contribution in [0.15, 0.2) is 12.1 Å². The number of likely N-dealkylation sites (N-methyl/N-ethyl adjacent to an activating group) is 1. The molecular weight excluding hydrogens is 264 g/mol. The first-order valence-corrected chi connectivity index (χ1v) is 6.98. The van der Waals surface area contributed by atoms with E-state index < -0.39 is 0 Å². The molecule has 0 N–H and O–H groups in total. The monoisotopic (exact) mass is 282 g/mol. The van der Waals surface area contributed by atoms with Crippen LogP contribution in [0.3, 0.4) is 0 Å². The van der Waals surface area contributed by atoms with Gasteiger partial charge in [-0.2, -0.15) is 0 Å². The summed E-state index contributed by atoms with van der Waals surface area (Å²) in [4.78, 5) is 16.7. The molecule has 1 aliphatic rings. The van der Waals surface area contributed by atoms with Gasteiger partial charge in [0.15, 0.2) is 10.8 Å². The van der Waals surface area contributed by atoms with Gasteiger partial charge in [-0.3, -0.25) is 4.79 Å². The summed E-state index contributed by atoms with van der Waals surface area (Å²) in [6.07, 6.45) is 1.93. The van der Waals surface area contributed by atoms with Gasteiger partial charge in [-0.1, -0.05) is 18.5 Å². The predicted molar refractivity (Wildman–Crippen MR) is 74.3 cm³/mol. The van der Waals surface area contributed by atoms with Gasteiger partial charge in [-0.25, -0.2) is 0 Å². The van der Waals surface area contributed by atoms with Crippen molar-refractivity contribution in [1.29, 1.82) is 0 Å². The summed E-state index contributed by atoms with van der Waals surface area (Å²) in [5.41, 5.74) is 0.368. The Hall–Kier alpha value is -1.20. The fraction of sp³-hybridized carbons (Fsp3) is 0.615. The number of nitrogens with zero attached hydrogens (tertiary/aromatic N) is 4. The number of aromatic nitrogens is 2. The topological polar surface area (TPSA) is 49.3 Å². The predicted octanol–water partition coefficient (Wildman–Crippen LogP) is 1.69. The van der Waals surface area contributed by atoms with Crippen molar-refractivity contribution >= 4 is 17.5 Å². The van der Waals surface area contributed by atoms with Crippen molar-refractivity contribution in [3.63, 3.8) is 0 Å². The molecule has 1 saturated heterocycles. The first-order valence-electron chi connectivity index (χ1n) is 6.60. The summed E-state index contributed by atoms with van der Waals surface area (Å²) < 4.78 is 0. The summed E-state index contributed by atoms with van der Waals surface area (Å²) in [5.74, 6) is -0.0497. The Bertz CT molecular complexity index is 437. The summed E-state index contributed by atoms with van der Waals surface area (Å²) in [5, 5.41) is 7.93. The largest absolute Gasteiger partial charge is 0.333 e. The number of carbonyl (C=O) groups excluding carboxylic acids is 1. The third-order valence-electron chi connectivity index (χ3n) is 3.49. The van der Waals surface area contributed by atoms with Crippen LogP contribution in [0.5, 0.6) is 0 Å². The van der Waals surface area contributed by atoms with Crippen LogP contribution in [0.1, 0.15) is 30.3 Å². The van der Waals surface area contributed by atoms with Crippen LogP contribution in [0, 0.1) is 0 Å². The van der Waals surface area contributed by atoms with Crippen LogP contribution in [0.25, 0.3) is 0 Å². The zero-order valence-electron chi connectivity index (χ0n) is 11.3. The Morgan fingerprint density at radius 3 is 2.84 bits per heavy atom. The van der Waals surface area contributed by atoms with Crippen molar-refractivity contribution < 1.29 is 4.79 Å². The van der Waals surface area contributed by atoms with Gasteiger partial charge in [-0.15, -0.1) is 10.2 Å². The van der Waals surface area contributed by atoms with E-state index in [0.717, 1.165) is 32.5 Å². The lowest BCUT2D eigenvalue weighted by Gasteiger charge is -2.29. The highest BCUT2D eigenvalue weighted by atomic mass is 35.5. The van der Waals surface area contributed by atoms with Crippen molar-refractivity contribution in [3.8, 4) is 0 Å². The normalized spacial score (nSPS) is 21.2. The summed E-state index contributed by atoms with van der Waals surface area (Å²) in [7, 11) is 2.10. The first-order chi connectivity index (χ1) is 9.11. The van der Waals surface area contributed by atoms with Gasteiger partial charge >= 0.3 is 0 Å². The number of halogens is 1. The molecule has 1 amide bonds. The molecule has 1 unspecified atom stereocenters. The van der Waals surface area contributed by atoms with E-state index in [-0.39, 0.29) is 11.9 Å². The minimum atomic E-state index is -0.0497. The van der Waals surface area contributed by atoms with E-state index in [2.05, 4.69) is 29.1 Å².